The van der Waals surface area contributed by atoms with E-state index in [-0.39, 0.29) is 11.4 Å². The number of nitrogens with zero attached hydrogens (tertiary/aromatic N) is 3. The Labute approximate surface area is 147 Å². The number of para-hydroxylation sites is 1. The van der Waals surface area contributed by atoms with E-state index < -0.39 is 10.0 Å². The van der Waals surface area contributed by atoms with Gasteiger partial charge in [0, 0.05) is 13.2 Å². The molecule has 0 amide bonds. The number of rotatable bonds is 6. The van der Waals surface area contributed by atoms with Crippen molar-refractivity contribution in [1.29, 1.82) is 0 Å². The summed E-state index contributed by atoms with van der Waals surface area (Å²) in [7, 11) is -0.401. The van der Waals surface area contributed by atoms with Gasteiger partial charge in [0.05, 0.1) is 29.9 Å². The van der Waals surface area contributed by atoms with Crippen molar-refractivity contribution < 1.29 is 13.2 Å². The third-order valence-corrected chi connectivity index (χ3v) is 5.71. The molecule has 0 aliphatic rings. The maximum Gasteiger partial charge on any atom is 0.264 e. The van der Waals surface area contributed by atoms with E-state index in [0.29, 0.717) is 11.4 Å². The summed E-state index contributed by atoms with van der Waals surface area (Å²) in [6.45, 7) is 0.189. The van der Waals surface area contributed by atoms with Gasteiger partial charge in [0.25, 0.3) is 10.0 Å². The van der Waals surface area contributed by atoms with E-state index in [1.807, 2.05) is 18.2 Å². The van der Waals surface area contributed by atoms with Crippen LogP contribution in [0.3, 0.4) is 0 Å². The molecule has 7 heteroatoms. The van der Waals surface area contributed by atoms with Crippen molar-refractivity contribution in [2.24, 2.45) is 7.05 Å². The Hall–Kier alpha value is -2.80. The molecule has 0 saturated heterocycles. The largest absolute Gasteiger partial charge is 0.497 e. The molecule has 0 spiro atoms. The van der Waals surface area contributed by atoms with Crippen LogP contribution in [0.15, 0.2) is 71.8 Å². The summed E-state index contributed by atoms with van der Waals surface area (Å²) < 4.78 is 34.6. The lowest BCUT2D eigenvalue weighted by Gasteiger charge is -2.24. The fraction of sp³-hybridized carbons (Fsp3) is 0.167. The van der Waals surface area contributed by atoms with Gasteiger partial charge in [0.2, 0.25) is 0 Å². The van der Waals surface area contributed by atoms with Crippen molar-refractivity contribution in [1.82, 2.24) is 9.78 Å². The number of ether oxygens (including phenoxy) is 1. The van der Waals surface area contributed by atoms with Crippen LogP contribution in [0.1, 0.15) is 5.69 Å². The van der Waals surface area contributed by atoms with Crippen molar-refractivity contribution in [3.8, 4) is 5.75 Å². The Kier molecular flexibility index (Phi) is 4.76. The molecule has 3 rings (SSSR count). The zero-order chi connectivity index (χ0) is 17.9. The van der Waals surface area contributed by atoms with Gasteiger partial charge >= 0.3 is 0 Å². The molecule has 0 bridgehead atoms. The minimum atomic E-state index is -3.74. The molecule has 0 atom stereocenters. The van der Waals surface area contributed by atoms with Gasteiger partial charge in [-0.1, -0.05) is 18.2 Å². The predicted molar refractivity (Wildman–Crippen MR) is 96.0 cm³/mol. The molecule has 0 aliphatic carbocycles. The summed E-state index contributed by atoms with van der Waals surface area (Å²) in [6, 6.07) is 17.2. The molecule has 25 heavy (non-hydrogen) atoms. The van der Waals surface area contributed by atoms with E-state index >= 15 is 0 Å². The van der Waals surface area contributed by atoms with Crippen molar-refractivity contribution >= 4 is 15.7 Å². The number of hydrogen-bond donors (Lipinski definition) is 0. The summed E-state index contributed by atoms with van der Waals surface area (Å²) in [5, 5.41) is 4.12. The molecule has 1 aromatic heterocycles. The van der Waals surface area contributed by atoms with Gasteiger partial charge in [-0.3, -0.25) is 8.99 Å². The molecular formula is C18H19N3O3S. The second kappa shape index (κ2) is 6.98. The van der Waals surface area contributed by atoms with Gasteiger partial charge in [0.1, 0.15) is 5.75 Å². The van der Waals surface area contributed by atoms with Gasteiger partial charge in [-0.05, 0) is 42.5 Å². The number of benzene rings is 2. The zero-order valence-electron chi connectivity index (χ0n) is 14.0. The highest BCUT2D eigenvalue weighted by molar-refractivity contribution is 7.92. The zero-order valence-corrected chi connectivity index (χ0v) is 14.8. The highest BCUT2D eigenvalue weighted by Crippen LogP contribution is 2.26. The second-order valence-electron chi connectivity index (χ2n) is 5.47. The van der Waals surface area contributed by atoms with Gasteiger partial charge in [-0.25, -0.2) is 8.42 Å². The van der Waals surface area contributed by atoms with E-state index in [1.54, 1.807) is 67.5 Å². The van der Waals surface area contributed by atoms with Gasteiger partial charge < -0.3 is 4.74 Å². The molecule has 6 nitrogen and oxygen atoms in total. The van der Waals surface area contributed by atoms with Crippen molar-refractivity contribution in [2.75, 3.05) is 11.4 Å². The number of anilines is 1. The SMILES string of the molecule is COc1ccc(S(=O)(=O)N(Cc2ccnn2C)c2ccccc2)cc1. The highest BCUT2D eigenvalue weighted by Gasteiger charge is 2.26. The molecule has 0 fully saturated rings. The van der Waals surface area contributed by atoms with Gasteiger partial charge in [-0.15, -0.1) is 0 Å². The fourth-order valence-corrected chi connectivity index (χ4v) is 3.92. The van der Waals surface area contributed by atoms with Crippen molar-refractivity contribution in [2.45, 2.75) is 11.4 Å². The van der Waals surface area contributed by atoms with Crippen molar-refractivity contribution in [3.63, 3.8) is 0 Å². The number of sulfonamides is 1. The Bertz CT molecular complexity index is 935. The van der Waals surface area contributed by atoms with Crippen LogP contribution in [0.2, 0.25) is 0 Å². The molecule has 0 aliphatic heterocycles. The first-order valence-corrected chi connectivity index (χ1v) is 9.15. The third kappa shape index (κ3) is 3.51. The van der Waals surface area contributed by atoms with Crippen LogP contribution in [-0.2, 0) is 23.6 Å². The van der Waals surface area contributed by atoms with Crippen LogP contribution in [-0.4, -0.2) is 25.3 Å². The maximum absolute atomic E-state index is 13.2. The lowest BCUT2D eigenvalue weighted by molar-refractivity contribution is 0.414. The smallest absolute Gasteiger partial charge is 0.264 e. The number of aromatic nitrogens is 2. The first kappa shape index (κ1) is 17.0. The normalized spacial score (nSPS) is 11.3. The minimum absolute atomic E-state index is 0.189. The van der Waals surface area contributed by atoms with E-state index in [4.69, 9.17) is 4.74 Å². The van der Waals surface area contributed by atoms with E-state index in [9.17, 15) is 8.42 Å². The highest BCUT2D eigenvalue weighted by atomic mass is 32.2. The third-order valence-electron chi connectivity index (χ3n) is 3.92. The first-order valence-electron chi connectivity index (χ1n) is 7.71. The fourth-order valence-electron chi connectivity index (χ4n) is 2.49. The molecule has 0 N–H and O–H groups in total. The number of hydrogen-bond acceptors (Lipinski definition) is 4. The number of aryl methyl sites for hydroxylation is 1. The second-order valence-corrected chi connectivity index (χ2v) is 7.33. The Morgan fingerprint density at radius 2 is 1.72 bits per heavy atom. The van der Waals surface area contributed by atoms with Crippen LogP contribution < -0.4 is 9.04 Å². The standard InChI is InChI=1S/C18H19N3O3S/c1-20-16(12-13-19-20)14-21(15-6-4-3-5-7-15)25(22,23)18-10-8-17(24-2)9-11-18/h3-13H,14H2,1-2H3. The Balaban J connectivity index is 2.04. The average molecular weight is 357 g/mol. The Morgan fingerprint density at radius 1 is 1.04 bits per heavy atom. The topological polar surface area (TPSA) is 64.4 Å². The monoisotopic (exact) mass is 357 g/mol. The van der Waals surface area contributed by atoms with E-state index in [0.717, 1.165) is 5.69 Å². The molecule has 3 aromatic rings. The summed E-state index contributed by atoms with van der Waals surface area (Å²) >= 11 is 0. The summed E-state index contributed by atoms with van der Waals surface area (Å²) in [4.78, 5) is 0.208. The van der Waals surface area contributed by atoms with Crippen LogP contribution in [0.25, 0.3) is 0 Å². The molecule has 1 heterocycles. The minimum Gasteiger partial charge on any atom is -0.497 e. The molecule has 0 unspecified atom stereocenters. The van der Waals surface area contributed by atoms with Crippen LogP contribution in [0.4, 0.5) is 5.69 Å². The predicted octanol–water partition coefficient (Wildman–Crippen LogP) is 2.82. The van der Waals surface area contributed by atoms with E-state index in [2.05, 4.69) is 5.10 Å². The number of methoxy groups -OCH3 is 1. The molecule has 130 valence electrons. The molecule has 0 radical (unpaired) electrons. The summed E-state index contributed by atoms with van der Waals surface area (Å²) in [5.74, 6) is 0.608. The summed E-state index contributed by atoms with van der Waals surface area (Å²) in [6.07, 6.45) is 1.65. The van der Waals surface area contributed by atoms with Gasteiger partial charge in [0.15, 0.2) is 0 Å². The van der Waals surface area contributed by atoms with Gasteiger partial charge in [-0.2, -0.15) is 5.10 Å². The quantitative estimate of drug-likeness (QED) is 0.680. The molecular weight excluding hydrogens is 338 g/mol. The lowest BCUT2D eigenvalue weighted by atomic mass is 10.3. The average Bonchev–Trinajstić information content (AvgIpc) is 3.05. The first-order chi connectivity index (χ1) is 12.0. The Morgan fingerprint density at radius 3 is 2.28 bits per heavy atom. The maximum atomic E-state index is 13.2. The van der Waals surface area contributed by atoms with E-state index in [1.165, 1.54) is 4.31 Å². The summed E-state index contributed by atoms with van der Waals surface area (Å²) in [5.41, 5.74) is 1.39. The van der Waals surface area contributed by atoms with Crippen LogP contribution >= 0.6 is 0 Å². The van der Waals surface area contributed by atoms with Crippen molar-refractivity contribution in [3.05, 3.63) is 72.6 Å². The van der Waals surface area contributed by atoms with Crippen LogP contribution in [0, 0.1) is 0 Å². The van der Waals surface area contributed by atoms with Crippen LogP contribution in [0.5, 0.6) is 5.75 Å². The molecule has 0 saturated carbocycles. The lowest BCUT2D eigenvalue weighted by Crippen LogP contribution is -2.31. The molecule has 2 aromatic carbocycles.